The van der Waals surface area contributed by atoms with Crippen LogP contribution >= 0.6 is 23.1 Å². The molecule has 0 bridgehead atoms. The Labute approximate surface area is 128 Å². The van der Waals surface area contributed by atoms with Gasteiger partial charge >= 0.3 is 0 Å². The van der Waals surface area contributed by atoms with Crippen LogP contribution in [0, 0.1) is 5.92 Å². The molecule has 2 aromatic rings. The summed E-state index contributed by atoms with van der Waals surface area (Å²) < 4.78 is 0. The van der Waals surface area contributed by atoms with Crippen molar-refractivity contribution in [2.45, 2.75) is 56.2 Å². The predicted molar refractivity (Wildman–Crippen MR) is 88.5 cm³/mol. The van der Waals surface area contributed by atoms with Crippen LogP contribution in [0.5, 0.6) is 0 Å². The summed E-state index contributed by atoms with van der Waals surface area (Å²) in [5.41, 5.74) is 5.88. The van der Waals surface area contributed by atoms with Gasteiger partial charge in [-0.3, -0.25) is 0 Å². The van der Waals surface area contributed by atoms with Gasteiger partial charge < -0.3 is 5.73 Å². The first-order valence-corrected chi connectivity index (χ1v) is 9.08. The molecule has 0 spiro atoms. The van der Waals surface area contributed by atoms with E-state index in [2.05, 4.69) is 29.9 Å². The molecule has 3 nitrogen and oxygen atoms in total. The molecule has 3 rings (SSSR count). The number of nitrogens with zero attached hydrogens (tertiary/aromatic N) is 2. The van der Waals surface area contributed by atoms with E-state index in [0.29, 0.717) is 11.2 Å². The Morgan fingerprint density at radius 1 is 1.40 bits per heavy atom. The van der Waals surface area contributed by atoms with E-state index >= 15 is 0 Å². The molecule has 1 aliphatic rings. The van der Waals surface area contributed by atoms with Gasteiger partial charge in [-0.15, -0.1) is 23.1 Å². The minimum Gasteiger partial charge on any atom is -0.368 e. The zero-order valence-electron chi connectivity index (χ0n) is 12.1. The van der Waals surface area contributed by atoms with E-state index in [-0.39, 0.29) is 0 Å². The van der Waals surface area contributed by atoms with Gasteiger partial charge in [0, 0.05) is 15.5 Å². The maximum atomic E-state index is 5.88. The molecule has 5 heteroatoms. The summed E-state index contributed by atoms with van der Waals surface area (Å²) in [5.74, 6) is 1.25. The van der Waals surface area contributed by atoms with E-state index in [1.54, 1.807) is 11.3 Å². The van der Waals surface area contributed by atoms with E-state index < -0.39 is 0 Å². The Bertz CT molecular complexity index is 608. The summed E-state index contributed by atoms with van der Waals surface area (Å²) in [4.78, 5) is 11.3. The van der Waals surface area contributed by atoms with E-state index in [9.17, 15) is 0 Å². The van der Waals surface area contributed by atoms with Crippen LogP contribution in [-0.4, -0.2) is 15.2 Å². The number of aryl methyl sites for hydroxylation is 1. The number of aromatic nitrogens is 2. The van der Waals surface area contributed by atoms with Crippen molar-refractivity contribution in [2.75, 3.05) is 5.73 Å². The summed E-state index contributed by atoms with van der Waals surface area (Å²) in [7, 11) is 0. The molecule has 1 fully saturated rings. The summed E-state index contributed by atoms with van der Waals surface area (Å²) >= 11 is 3.66. The van der Waals surface area contributed by atoms with Crippen molar-refractivity contribution in [3.8, 4) is 0 Å². The highest BCUT2D eigenvalue weighted by Crippen LogP contribution is 2.39. The Hall–Kier alpha value is -0.810. The van der Waals surface area contributed by atoms with Crippen LogP contribution in [-0.2, 0) is 6.42 Å². The Balaban J connectivity index is 1.91. The minimum absolute atomic E-state index is 0.411. The predicted octanol–water partition coefficient (Wildman–Crippen LogP) is 4.51. The monoisotopic (exact) mass is 307 g/mol. The van der Waals surface area contributed by atoms with Gasteiger partial charge in [-0.1, -0.05) is 26.7 Å². The van der Waals surface area contributed by atoms with Crippen molar-refractivity contribution in [3.63, 3.8) is 0 Å². The number of thioether (sulfide) groups is 1. The lowest BCUT2D eigenvalue weighted by molar-refractivity contribution is 0.394. The maximum Gasteiger partial charge on any atom is 0.222 e. The van der Waals surface area contributed by atoms with Crippen LogP contribution in [0.4, 0.5) is 5.95 Å². The molecule has 1 aliphatic carbocycles. The largest absolute Gasteiger partial charge is 0.368 e. The fourth-order valence-corrected chi connectivity index (χ4v) is 5.36. The number of nitrogens with two attached hydrogens (primary N) is 1. The molecular formula is C15H21N3S2. The molecule has 0 aliphatic heterocycles. The second-order valence-electron chi connectivity index (χ2n) is 5.68. The fourth-order valence-electron chi connectivity index (χ4n) is 2.87. The second kappa shape index (κ2) is 5.90. The van der Waals surface area contributed by atoms with Gasteiger partial charge in [0.25, 0.3) is 0 Å². The summed E-state index contributed by atoms with van der Waals surface area (Å²) in [6.07, 6.45) is 6.35. The van der Waals surface area contributed by atoms with Crippen molar-refractivity contribution in [3.05, 3.63) is 10.9 Å². The summed E-state index contributed by atoms with van der Waals surface area (Å²) in [6, 6.07) is 2.24. The zero-order chi connectivity index (χ0) is 14.1. The van der Waals surface area contributed by atoms with Gasteiger partial charge in [0.15, 0.2) is 0 Å². The van der Waals surface area contributed by atoms with Crippen molar-refractivity contribution < 1.29 is 0 Å². The van der Waals surface area contributed by atoms with Gasteiger partial charge in [-0.05, 0) is 31.2 Å². The highest BCUT2D eigenvalue weighted by Gasteiger charge is 2.22. The zero-order valence-corrected chi connectivity index (χ0v) is 13.7. The first kappa shape index (κ1) is 14.1. The number of hydrogen-bond donors (Lipinski definition) is 1. The van der Waals surface area contributed by atoms with Crippen molar-refractivity contribution in [2.24, 2.45) is 5.92 Å². The van der Waals surface area contributed by atoms with E-state index in [1.807, 2.05) is 11.8 Å². The molecule has 0 radical (unpaired) electrons. The molecule has 2 N–H and O–H groups in total. The van der Waals surface area contributed by atoms with Crippen LogP contribution in [0.25, 0.3) is 10.2 Å². The average molecular weight is 307 g/mol. The van der Waals surface area contributed by atoms with Crippen LogP contribution in [0.2, 0.25) is 0 Å². The second-order valence-corrected chi connectivity index (χ2v) is 8.09. The van der Waals surface area contributed by atoms with Crippen molar-refractivity contribution in [1.82, 2.24) is 9.97 Å². The number of anilines is 1. The third-order valence-electron chi connectivity index (χ3n) is 3.94. The third kappa shape index (κ3) is 2.93. The van der Waals surface area contributed by atoms with Crippen molar-refractivity contribution >= 4 is 39.3 Å². The Kier molecular flexibility index (Phi) is 4.17. The SMILES string of the molecule is CCc1cc2c(SC3CCCC(C)C3)nc(N)nc2s1. The van der Waals surface area contributed by atoms with Gasteiger partial charge in [0.1, 0.15) is 9.86 Å². The molecule has 0 amide bonds. The molecule has 108 valence electrons. The molecule has 2 atom stereocenters. The van der Waals surface area contributed by atoms with E-state index in [0.717, 1.165) is 22.2 Å². The lowest BCUT2D eigenvalue weighted by Gasteiger charge is -2.25. The molecule has 2 heterocycles. The van der Waals surface area contributed by atoms with E-state index in [4.69, 9.17) is 5.73 Å². The first-order chi connectivity index (χ1) is 9.65. The Morgan fingerprint density at radius 2 is 2.25 bits per heavy atom. The first-order valence-electron chi connectivity index (χ1n) is 7.38. The van der Waals surface area contributed by atoms with Crippen LogP contribution in [0.1, 0.15) is 44.4 Å². The standard InChI is InChI=1S/C15H21N3S2/c1-3-10-8-12-13(19-10)17-15(16)18-14(12)20-11-6-4-5-9(2)7-11/h8-9,11H,3-7H2,1-2H3,(H2,16,17,18). The Morgan fingerprint density at radius 3 is 3.00 bits per heavy atom. The van der Waals surface area contributed by atoms with Crippen LogP contribution < -0.4 is 5.73 Å². The number of thiophene rings is 1. The highest BCUT2D eigenvalue weighted by molar-refractivity contribution is 8.00. The van der Waals surface area contributed by atoms with Crippen LogP contribution in [0.15, 0.2) is 11.1 Å². The average Bonchev–Trinajstić information content (AvgIpc) is 2.82. The molecule has 0 aromatic carbocycles. The molecule has 2 aromatic heterocycles. The lowest BCUT2D eigenvalue weighted by atomic mass is 9.91. The number of nitrogen functional groups attached to an aromatic ring is 1. The maximum absolute atomic E-state index is 5.88. The number of hydrogen-bond acceptors (Lipinski definition) is 5. The number of fused-ring (bicyclic) bond motifs is 1. The van der Waals surface area contributed by atoms with Gasteiger partial charge in [0.2, 0.25) is 5.95 Å². The lowest BCUT2D eigenvalue weighted by Crippen LogP contribution is -2.15. The van der Waals surface area contributed by atoms with Gasteiger partial charge in [0.05, 0.1) is 0 Å². The number of rotatable bonds is 3. The topological polar surface area (TPSA) is 51.8 Å². The highest BCUT2D eigenvalue weighted by atomic mass is 32.2. The van der Waals surface area contributed by atoms with E-state index in [1.165, 1.54) is 35.9 Å². The summed E-state index contributed by atoms with van der Waals surface area (Å²) in [5, 5.41) is 2.97. The van der Waals surface area contributed by atoms with Crippen molar-refractivity contribution in [1.29, 1.82) is 0 Å². The quantitative estimate of drug-likeness (QED) is 0.848. The summed E-state index contributed by atoms with van der Waals surface area (Å²) in [6.45, 7) is 4.54. The third-order valence-corrected chi connectivity index (χ3v) is 6.41. The fraction of sp³-hybridized carbons (Fsp3) is 0.600. The molecule has 1 saturated carbocycles. The minimum atomic E-state index is 0.411. The molecular weight excluding hydrogens is 286 g/mol. The molecule has 2 unspecified atom stereocenters. The van der Waals surface area contributed by atoms with Gasteiger partial charge in [-0.2, -0.15) is 0 Å². The van der Waals surface area contributed by atoms with Gasteiger partial charge in [-0.25, -0.2) is 9.97 Å². The molecule has 20 heavy (non-hydrogen) atoms. The van der Waals surface area contributed by atoms with Crippen LogP contribution in [0.3, 0.4) is 0 Å². The molecule has 0 saturated heterocycles. The smallest absolute Gasteiger partial charge is 0.222 e. The normalized spacial score (nSPS) is 23.3.